The van der Waals surface area contributed by atoms with Crippen molar-refractivity contribution >= 4 is 11.9 Å². The largest absolute Gasteiger partial charge is 0.465 e. The second-order valence-corrected chi connectivity index (χ2v) is 4.67. The monoisotopic (exact) mass is 225 g/mol. The zero-order valence-electron chi connectivity index (χ0n) is 9.78. The van der Waals surface area contributed by atoms with E-state index in [1.54, 1.807) is 11.8 Å². The van der Waals surface area contributed by atoms with Crippen LogP contribution in [0.3, 0.4) is 0 Å². The molecule has 2 aliphatic rings. The first-order valence-corrected chi connectivity index (χ1v) is 6.16. The highest BCUT2D eigenvalue weighted by Crippen LogP contribution is 2.36. The lowest BCUT2D eigenvalue weighted by molar-refractivity contribution is -0.148. The molecule has 0 radical (unpaired) electrons. The van der Waals surface area contributed by atoms with E-state index >= 15 is 0 Å². The van der Waals surface area contributed by atoms with Gasteiger partial charge in [0.15, 0.2) is 0 Å². The van der Waals surface area contributed by atoms with Gasteiger partial charge in [-0.15, -0.1) is 0 Å². The predicted molar refractivity (Wildman–Crippen MR) is 58.7 cm³/mol. The van der Waals surface area contributed by atoms with Crippen LogP contribution in [-0.2, 0) is 14.3 Å². The van der Waals surface area contributed by atoms with Gasteiger partial charge in [-0.05, 0) is 25.7 Å². The van der Waals surface area contributed by atoms with Crippen LogP contribution in [0.5, 0.6) is 0 Å². The Balaban J connectivity index is 1.92. The van der Waals surface area contributed by atoms with E-state index in [0.29, 0.717) is 12.5 Å². The van der Waals surface area contributed by atoms with Crippen LogP contribution >= 0.6 is 0 Å². The van der Waals surface area contributed by atoms with Gasteiger partial charge in [-0.3, -0.25) is 9.59 Å². The summed E-state index contributed by atoms with van der Waals surface area (Å²) in [5.41, 5.74) is 0. The number of carbonyl (C=O) groups excluding carboxylic acids is 2. The Morgan fingerprint density at radius 2 is 2.19 bits per heavy atom. The van der Waals surface area contributed by atoms with E-state index in [0.717, 1.165) is 25.8 Å². The Hall–Kier alpha value is -1.06. The summed E-state index contributed by atoms with van der Waals surface area (Å²) in [6.07, 6.45) is 4.51. The second kappa shape index (κ2) is 4.85. The SMILES string of the molecule is CCOC(=O)CN1C[C@H]2CCCC[C@@H]2C1=O. The molecule has 4 nitrogen and oxygen atoms in total. The molecule has 0 bridgehead atoms. The number of esters is 1. The Morgan fingerprint density at radius 3 is 2.88 bits per heavy atom. The molecule has 1 aliphatic heterocycles. The molecule has 1 aliphatic carbocycles. The molecule has 4 heteroatoms. The van der Waals surface area contributed by atoms with Crippen LogP contribution < -0.4 is 0 Å². The van der Waals surface area contributed by atoms with Crippen molar-refractivity contribution in [1.29, 1.82) is 0 Å². The summed E-state index contributed by atoms with van der Waals surface area (Å²) in [6, 6.07) is 0. The molecule has 1 amide bonds. The van der Waals surface area contributed by atoms with Crippen molar-refractivity contribution in [1.82, 2.24) is 4.90 Å². The fourth-order valence-electron chi connectivity index (χ4n) is 2.86. The van der Waals surface area contributed by atoms with Crippen LogP contribution in [0, 0.1) is 11.8 Å². The van der Waals surface area contributed by atoms with Crippen LogP contribution in [0.15, 0.2) is 0 Å². The smallest absolute Gasteiger partial charge is 0.325 e. The number of hydrogen-bond acceptors (Lipinski definition) is 3. The Labute approximate surface area is 95.9 Å². The summed E-state index contributed by atoms with van der Waals surface area (Å²) in [5, 5.41) is 0. The van der Waals surface area contributed by atoms with Gasteiger partial charge in [-0.25, -0.2) is 0 Å². The molecule has 2 rings (SSSR count). The van der Waals surface area contributed by atoms with Crippen LogP contribution in [0.4, 0.5) is 0 Å². The zero-order valence-corrected chi connectivity index (χ0v) is 9.78. The normalized spacial score (nSPS) is 29.1. The predicted octanol–water partition coefficient (Wildman–Crippen LogP) is 1.20. The Bertz CT molecular complexity index is 290. The lowest BCUT2D eigenvalue weighted by Crippen LogP contribution is -2.33. The average Bonchev–Trinajstić information content (AvgIpc) is 2.57. The van der Waals surface area contributed by atoms with Crippen molar-refractivity contribution in [2.45, 2.75) is 32.6 Å². The lowest BCUT2D eigenvalue weighted by Gasteiger charge is -2.21. The first-order valence-electron chi connectivity index (χ1n) is 6.16. The molecule has 2 fully saturated rings. The Morgan fingerprint density at radius 1 is 1.44 bits per heavy atom. The molecule has 0 N–H and O–H groups in total. The highest BCUT2D eigenvalue weighted by Gasteiger charge is 2.41. The van der Waals surface area contributed by atoms with Crippen molar-refractivity contribution in [3.63, 3.8) is 0 Å². The van der Waals surface area contributed by atoms with E-state index in [4.69, 9.17) is 4.74 Å². The maximum Gasteiger partial charge on any atom is 0.325 e. The topological polar surface area (TPSA) is 46.6 Å². The minimum atomic E-state index is -0.283. The van der Waals surface area contributed by atoms with E-state index in [1.165, 1.54) is 6.42 Å². The fourth-order valence-corrected chi connectivity index (χ4v) is 2.86. The van der Waals surface area contributed by atoms with Gasteiger partial charge in [0.05, 0.1) is 6.61 Å². The second-order valence-electron chi connectivity index (χ2n) is 4.67. The van der Waals surface area contributed by atoms with Crippen molar-refractivity contribution in [3.05, 3.63) is 0 Å². The van der Waals surface area contributed by atoms with Crippen molar-refractivity contribution in [2.75, 3.05) is 19.7 Å². The minimum Gasteiger partial charge on any atom is -0.465 e. The number of nitrogens with zero attached hydrogens (tertiary/aromatic N) is 1. The van der Waals surface area contributed by atoms with E-state index in [2.05, 4.69) is 0 Å². The van der Waals surface area contributed by atoms with Gasteiger partial charge >= 0.3 is 5.97 Å². The highest BCUT2D eigenvalue weighted by molar-refractivity contribution is 5.85. The summed E-state index contributed by atoms with van der Waals surface area (Å²) in [4.78, 5) is 25.0. The molecular weight excluding hydrogens is 206 g/mol. The lowest BCUT2D eigenvalue weighted by atomic mass is 9.81. The van der Waals surface area contributed by atoms with Gasteiger partial charge in [-0.2, -0.15) is 0 Å². The highest BCUT2D eigenvalue weighted by atomic mass is 16.5. The minimum absolute atomic E-state index is 0.139. The van der Waals surface area contributed by atoms with Crippen LogP contribution in [-0.4, -0.2) is 36.5 Å². The quantitative estimate of drug-likeness (QED) is 0.678. The molecule has 0 aromatic carbocycles. The summed E-state index contributed by atoms with van der Waals surface area (Å²) >= 11 is 0. The molecule has 0 aromatic heterocycles. The van der Waals surface area contributed by atoms with Crippen LogP contribution in [0.2, 0.25) is 0 Å². The maximum atomic E-state index is 12.0. The van der Waals surface area contributed by atoms with Crippen molar-refractivity contribution in [3.8, 4) is 0 Å². The van der Waals surface area contributed by atoms with Crippen molar-refractivity contribution < 1.29 is 14.3 Å². The number of carbonyl (C=O) groups is 2. The third kappa shape index (κ3) is 2.20. The van der Waals surface area contributed by atoms with Gasteiger partial charge in [0.1, 0.15) is 6.54 Å². The van der Waals surface area contributed by atoms with Gasteiger partial charge < -0.3 is 9.64 Å². The molecule has 0 aromatic rings. The van der Waals surface area contributed by atoms with E-state index in [9.17, 15) is 9.59 Å². The molecule has 1 saturated heterocycles. The fraction of sp³-hybridized carbons (Fsp3) is 0.833. The molecule has 0 spiro atoms. The number of ether oxygens (including phenoxy) is 1. The van der Waals surface area contributed by atoms with Crippen LogP contribution in [0.25, 0.3) is 0 Å². The van der Waals surface area contributed by atoms with E-state index < -0.39 is 0 Å². The van der Waals surface area contributed by atoms with Crippen molar-refractivity contribution in [2.24, 2.45) is 11.8 Å². The maximum absolute atomic E-state index is 12.0. The third-order valence-electron chi connectivity index (χ3n) is 3.62. The average molecular weight is 225 g/mol. The first kappa shape index (κ1) is 11.4. The molecule has 2 atom stereocenters. The third-order valence-corrected chi connectivity index (χ3v) is 3.62. The summed E-state index contributed by atoms with van der Waals surface area (Å²) in [6.45, 7) is 3.05. The molecule has 16 heavy (non-hydrogen) atoms. The molecule has 0 unspecified atom stereocenters. The summed E-state index contributed by atoms with van der Waals surface area (Å²) in [5.74, 6) is 0.547. The van der Waals surface area contributed by atoms with Gasteiger partial charge in [-0.1, -0.05) is 12.8 Å². The van der Waals surface area contributed by atoms with E-state index in [1.807, 2.05) is 0 Å². The number of rotatable bonds is 3. The number of hydrogen-bond donors (Lipinski definition) is 0. The van der Waals surface area contributed by atoms with Gasteiger partial charge in [0, 0.05) is 12.5 Å². The molecule has 1 saturated carbocycles. The van der Waals surface area contributed by atoms with Gasteiger partial charge in [0.25, 0.3) is 0 Å². The molecule has 1 heterocycles. The summed E-state index contributed by atoms with van der Waals surface area (Å²) < 4.78 is 4.87. The number of amides is 1. The number of fused-ring (bicyclic) bond motifs is 1. The summed E-state index contributed by atoms with van der Waals surface area (Å²) in [7, 11) is 0. The molecule has 90 valence electrons. The Kier molecular flexibility index (Phi) is 3.46. The zero-order chi connectivity index (χ0) is 11.5. The standard InChI is InChI=1S/C12H19NO3/c1-2-16-11(14)8-13-7-9-5-3-4-6-10(9)12(13)15/h9-10H,2-8H2,1H3/t9-,10+/m1/s1. The van der Waals surface area contributed by atoms with E-state index in [-0.39, 0.29) is 24.3 Å². The number of likely N-dealkylation sites (tertiary alicyclic amines) is 1. The van der Waals surface area contributed by atoms with Gasteiger partial charge in [0.2, 0.25) is 5.91 Å². The van der Waals surface area contributed by atoms with Crippen LogP contribution in [0.1, 0.15) is 32.6 Å². The first-order chi connectivity index (χ1) is 7.72. The molecular formula is C12H19NO3.